The van der Waals surface area contributed by atoms with Gasteiger partial charge in [-0.25, -0.2) is 9.59 Å². The quantitative estimate of drug-likeness (QED) is 0.00354. The third kappa shape index (κ3) is 21.5. The number of guanidine groups is 1. The number of aliphatic imine (C=N–C) groups is 1. The van der Waals surface area contributed by atoms with Gasteiger partial charge in [-0.1, -0.05) is 60.7 Å². The Bertz CT molecular complexity index is 3890. The number of methoxy groups -OCH3 is 1. The van der Waals surface area contributed by atoms with Crippen LogP contribution in [0.4, 0.5) is 11.4 Å². The molecule has 3 heterocycles. The normalized spacial score (nSPS) is 15.8. The van der Waals surface area contributed by atoms with E-state index in [9.17, 15) is 78.1 Å². The van der Waals surface area contributed by atoms with E-state index in [-0.39, 0.29) is 95.5 Å². The summed E-state index contributed by atoms with van der Waals surface area (Å²) in [4.78, 5) is 181. The molecule has 7 rings (SSSR count). The minimum atomic E-state index is -1.75. The molecule has 0 radical (unpaired) electrons. The largest absolute Gasteiger partial charge is 0.497 e. The van der Waals surface area contributed by atoms with Crippen LogP contribution in [0, 0.1) is 20.2 Å². The van der Waals surface area contributed by atoms with Gasteiger partial charge in [-0.3, -0.25) is 68.4 Å². The zero-order valence-corrected chi connectivity index (χ0v) is 54.9. The Labute approximate surface area is 572 Å². The van der Waals surface area contributed by atoms with Crippen LogP contribution in [0.2, 0.25) is 0 Å². The first-order chi connectivity index (χ1) is 47.9. The molecular formula is C66H81N15O19. The summed E-state index contributed by atoms with van der Waals surface area (Å²) >= 11 is 0. The molecule has 0 unspecified atom stereocenters. The van der Waals surface area contributed by atoms with Gasteiger partial charge in [-0.05, 0) is 106 Å². The fraction of sp³-hybridized carbons (Fsp3) is 0.424. The van der Waals surface area contributed by atoms with Crippen molar-refractivity contribution in [3.8, 4) is 11.5 Å². The molecule has 14 N–H and O–H groups in total. The summed E-state index contributed by atoms with van der Waals surface area (Å²) in [5.41, 5.74) is 16.1. The highest BCUT2D eigenvalue weighted by Gasteiger charge is 2.44. The number of fused-ring (bicyclic) bond motifs is 1. The number of nitro benzene ring substituents is 2. The van der Waals surface area contributed by atoms with Gasteiger partial charge in [0.15, 0.2) is 5.96 Å². The Hall–Kier alpha value is -11.4. The molecule has 5 aromatic rings. The second kappa shape index (κ2) is 36.8. The van der Waals surface area contributed by atoms with Crippen LogP contribution in [-0.4, -0.2) is 185 Å². The predicted molar refractivity (Wildman–Crippen MR) is 358 cm³/mol. The van der Waals surface area contributed by atoms with Crippen molar-refractivity contribution in [3.05, 3.63) is 150 Å². The SMILES string of the molecule is COc1ccc2c(CC(=O)N[C@@H](CCCN=C(N)N)C(=O)N3CCC[C@H]3C(=O)N3CCC[C@H]3C(=O)NCC(=O)N[C@@H](Cc3ccccc3)C(=O)N[C@@H](CO)C(=O)N[C@@H](C)C(=O)N[C@@H](Cc3ccccc3)C(=O)N[C@@H](CCCCN)C(=O)Oc3ccc([N+](=O)[O-])cc3[N+](=O)[O-])cc(=O)oc2c1. The van der Waals surface area contributed by atoms with E-state index in [4.69, 9.17) is 31.1 Å². The van der Waals surface area contributed by atoms with E-state index in [0.29, 0.717) is 53.2 Å². The minimum Gasteiger partial charge on any atom is -0.497 e. The molecule has 100 heavy (non-hydrogen) atoms. The number of unbranched alkanes of at least 4 members (excludes halogenated alkanes) is 1. The van der Waals surface area contributed by atoms with Crippen molar-refractivity contribution in [2.75, 3.05) is 46.4 Å². The van der Waals surface area contributed by atoms with Gasteiger partial charge in [0.25, 0.3) is 5.69 Å². The van der Waals surface area contributed by atoms with Crippen molar-refractivity contribution < 1.29 is 76.8 Å². The van der Waals surface area contributed by atoms with E-state index in [1.807, 2.05) is 0 Å². The number of nitro groups is 2. The number of esters is 1. The lowest BCUT2D eigenvalue weighted by molar-refractivity contribution is -0.394. The van der Waals surface area contributed by atoms with E-state index in [1.54, 1.807) is 72.8 Å². The lowest BCUT2D eigenvalue weighted by atomic mass is 10.0. The van der Waals surface area contributed by atoms with E-state index < -0.39 is 153 Å². The molecule has 8 atom stereocenters. The number of hydrogen-bond donors (Lipinski definition) is 11. The first-order valence-corrected chi connectivity index (χ1v) is 32.3. The van der Waals surface area contributed by atoms with Crippen molar-refractivity contribution >= 4 is 87.4 Å². The molecule has 0 aliphatic carbocycles. The number of nitrogens with zero attached hydrogens (tertiary/aromatic N) is 5. The number of benzene rings is 4. The fourth-order valence-corrected chi connectivity index (χ4v) is 11.5. The number of carbonyl (C=O) groups is 10. The third-order valence-electron chi connectivity index (χ3n) is 16.6. The summed E-state index contributed by atoms with van der Waals surface area (Å²) in [5.74, 6) is -8.85. The Morgan fingerprint density at radius 2 is 1.28 bits per heavy atom. The van der Waals surface area contributed by atoms with Crippen molar-refractivity contribution in [3.63, 3.8) is 0 Å². The maximum Gasteiger partial charge on any atom is 0.336 e. The van der Waals surface area contributed by atoms with Crippen LogP contribution in [0.15, 0.2) is 117 Å². The number of nitrogens with two attached hydrogens (primary N) is 3. The molecule has 1 aromatic heterocycles. The Balaban J connectivity index is 0.970. The molecule has 2 aliphatic heterocycles. The number of carbonyl (C=O) groups excluding carboxylic acids is 10. The predicted octanol–water partition coefficient (Wildman–Crippen LogP) is -0.547. The van der Waals surface area contributed by atoms with Crippen molar-refractivity contribution in [1.82, 2.24) is 47.0 Å². The fourth-order valence-electron chi connectivity index (χ4n) is 11.5. The maximum atomic E-state index is 14.5. The molecule has 0 bridgehead atoms. The molecule has 2 saturated heterocycles. The molecule has 534 valence electrons. The van der Waals surface area contributed by atoms with Crippen LogP contribution in [0.25, 0.3) is 11.0 Å². The highest BCUT2D eigenvalue weighted by Crippen LogP contribution is 2.32. The maximum absolute atomic E-state index is 14.5. The van der Waals surface area contributed by atoms with Gasteiger partial charge in [0.1, 0.15) is 59.7 Å². The average Bonchev–Trinajstić information content (AvgIpc) is 1.34. The van der Waals surface area contributed by atoms with Crippen LogP contribution in [0.3, 0.4) is 0 Å². The number of aliphatic hydroxyl groups is 1. The summed E-state index contributed by atoms with van der Waals surface area (Å²) in [7, 11) is 1.44. The number of hydrogen-bond acceptors (Lipinski definition) is 21. The van der Waals surface area contributed by atoms with Crippen LogP contribution in [-0.2, 0) is 67.2 Å². The highest BCUT2D eigenvalue weighted by molar-refractivity contribution is 5.99. The number of rotatable bonds is 35. The summed E-state index contributed by atoms with van der Waals surface area (Å²) in [6, 6.07) is 14.1. The summed E-state index contributed by atoms with van der Waals surface area (Å²) in [5, 5.41) is 51.9. The number of non-ortho nitro benzene ring substituents is 1. The Morgan fingerprint density at radius 3 is 1.90 bits per heavy atom. The third-order valence-corrected chi connectivity index (χ3v) is 16.6. The van der Waals surface area contributed by atoms with Gasteiger partial charge >= 0.3 is 17.3 Å². The molecule has 34 heteroatoms. The molecular weight excluding hydrogens is 1310 g/mol. The average molecular weight is 1390 g/mol. The minimum absolute atomic E-state index is 0.0565. The second-order valence-electron chi connectivity index (χ2n) is 23.8. The van der Waals surface area contributed by atoms with E-state index in [1.165, 1.54) is 36.0 Å². The summed E-state index contributed by atoms with van der Waals surface area (Å²) in [6.45, 7) is 0.0914. The zero-order valence-electron chi connectivity index (χ0n) is 54.9. The van der Waals surface area contributed by atoms with Gasteiger partial charge in [-0.2, -0.15) is 0 Å². The first kappa shape index (κ1) is 76.0. The zero-order chi connectivity index (χ0) is 72.6. The first-order valence-electron chi connectivity index (χ1n) is 32.3. The lowest BCUT2D eigenvalue weighted by Gasteiger charge is -2.33. The molecule has 34 nitrogen and oxygen atoms in total. The van der Waals surface area contributed by atoms with E-state index >= 15 is 0 Å². The van der Waals surface area contributed by atoms with Gasteiger partial charge < -0.3 is 83.2 Å². The smallest absolute Gasteiger partial charge is 0.336 e. The molecule has 0 spiro atoms. The Kier molecular flexibility index (Phi) is 27.9. The number of aliphatic hydroxyl groups excluding tert-OH is 1. The highest BCUT2D eigenvalue weighted by atomic mass is 16.6. The second-order valence-corrected chi connectivity index (χ2v) is 23.8. The summed E-state index contributed by atoms with van der Waals surface area (Å²) in [6.07, 6.45) is 1.37. The van der Waals surface area contributed by atoms with Crippen molar-refractivity contribution in [2.45, 2.75) is 132 Å². The molecule has 2 aliphatic rings. The molecule has 9 amide bonds. The molecule has 0 saturated carbocycles. The van der Waals surface area contributed by atoms with Gasteiger partial charge in [0.05, 0.1) is 42.6 Å². The molecule has 4 aromatic carbocycles. The Morgan fingerprint density at radius 1 is 0.680 bits per heavy atom. The van der Waals surface area contributed by atoms with Crippen LogP contribution in [0.5, 0.6) is 11.5 Å². The van der Waals surface area contributed by atoms with Gasteiger partial charge in [0, 0.05) is 56.1 Å². The standard InChI is InChI=1S/C66H81N15O19/c1-38(58(86)76-48(31-40-16-7-4-8-17-40)60(88)75-46(18-9-10-26-67)65(93)100-53-25-22-42(80(94)95)34-52(53)81(96)97)72-61(89)49(37-82)77-59(87)47(30-39-14-5-3-6-15-39)74-56(84)36-71-62(90)50-20-12-28-78(50)64(92)51-21-13-29-79(51)63(91)45(19-11-27-70-66(68)69)73-55(83)32-41-33-57(85)99-54-35-43(98-2)23-24-44(41)54/h3-8,14-17,22-25,33-35,38,45-51,82H,9-13,18-21,26-32,36-37,67H2,1-2H3,(H,71,90)(H,72,89)(H,73,83)(H,74,84)(H,75,88)(H,76,86)(H,77,87)(H4,68,69,70)/t38-,45-,46-,47-,48-,49-,50-,51-/m0/s1. The topological polar surface area (TPSA) is 507 Å². The van der Waals surface area contributed by atoms with E-state index in [2.05, 4.69) is 42.2 Å². The summed E-state index contributed by atoms with van der Waals surface area (Å²) < 4.78 is 15.9. The number of likely N-dealkylation sites (tertiary alicyclic amines) is 2. The van der Waals surface area contributed by atoms with E-state index in [0.717, 1.165) is 12.1 Å². The number of ether oxygens (including phenoxy) is 2. The van der Waals surface area contributed by atoms with Crippen molar-refractivity contribution in [1.29, 1.82) is 0 Å². The monoisotopic (exact) mass is 1390 g/mol. The van der Waals surface area contributed by atoms with Crippen molar-refractivity contribution in [2.24, 2.45) is 22.2 Å². The van der Waals surface area contributed by atoms with Crippen LogP contribution >= 0.6 is 0 Å². The lowest BCUT2D eigenvalue weighted by Crippen LogP contribution is -2.59. The van der Waals surface area contributed by atoms with Crippen LogP contribution < -0.4 is 69.5 Å². The number of nitrogens with one attached hydrogen (secondary N) is 7. The van der Waals surface area contributed by atoms with Crippen LogP contribution in [0.1, 0.15) is 81.4 Å². The number of amides is 9. The van der Waals surface area contributed by atoms with Gasteiger partial charge in [-0.15, -0.1) is 0 Å². The molecule has 2 fully saturated rings. The van der Waals surface area contributed by atoms with Gasteiger partial charge in [0.2, 0.25) is 58.9 Å².